The van der Waals surface area contributed by atoms with Gasteiger partial charge in [-0.15, -0.1) is 11.8 Å². The van der Waals surface area contributed by atoms with Gasteiger partial charge in [0.05, 0.1) is 17.2 Å². The molecular formula is C18H18F2N2O2S2. The maximum Gasteiger partial charge on any atom is 0.288 e. The summed E-state index contributed by atoms with van der Waals surface area (Å²) < 4.78 is 25.1. The lowest BCUT2D eigenvalue weighted by molar-refractivity contribution is -0.114. The van der Waals surface area contributed by atoms with Crippen LogP contribution in [-0.4, -0.2) is 29.1 Å². The lowest BCUT2D eigenvalue weighted by Gasteiger charge is -2.10. The highest BCUT2D eigenvalue weighted by molar-refractivity contribution is 8.00. The highest BCUT2D eigenvalue weighted by atomic mass is 32.2. The third-order valence-electron chi connectivity index (χ3n) is 3.18. The maximum atomic E-state index is 12.5. The first-order chi connectivity index (χ1) is 12.4. The number of anilines is 2. The normalized spacial score (nSPS) is 10.6. The van der Waals surface area contributed by atoms with E-state index in [1.807, 2.05) is 31.2 Å². The molecule has 26 heavy (non-hydrogen) atoms. The third kappa shape index (κ3) is 7.05. The smallest absolute Gasteiger partial charge is 0.288 e. The van der Waals surface area contributed by atoms with Gasteiger partial charge in [0.2, 0.25) is 11.8 Å². The molecule has 0 bridgehead atoms. The molecule has 0 saturated carbocycles. The molecule has 0 spiro atoms. The van der Waals surface area contributed by atoms with Gasteiger partial charge in [0.1, 0.15) is 0 Å². The van der Waals surface area contributed by atoms with Crippen LogP contribution in [0.25, 0.3) is 0 Å². The van der Waals surface area contributed by atoms with E-state index in [4.69, 9.17) is 0 Å². The molecule has 0 saturated heterocycles. The lowest BCUT2D eigenvalue weighted by atomic mass is 10.2. The van der Waals surface area contributed by atoms with E-state index in [0.717, 1.165) is 17.3 Å². The summed E-state index contributed by atoms with van der Waals surface area (Å²) in [6.07, 6.45) is 0. The van der Waals surface area contributed by atoms with E-state index in [0.29, 0.717) is 28.0 Å². The molecule has 0 aliphatic rings. The summed E-state index contributed by atoms with van der Waals surface area (Å²) in [7, 11) is 0. The molecule has 0 unspecified atom stereocenters. The molecule has 138 valence electrons. The minimum Gasteiger partial charge on any atom is -0.325 e. The van der Waals surface area contributed by atoms with Crippen molar-refractivity contribution in [1.82, 2.24) is 0 Å². The number of carbonyl (C=O) groups is 2. The average molecular weight is 396 g/mol. The zero-order chi connectivity index (χ0) is 18.9. The Balaban J connectivity index is 1.77. The molecule has 0 fully saturated rings. The Morgan fingerprint density at radius 3 is 2.23 bits per heavy atom. The second-order valence-electron chi connectivity index (χ2n) is 5.33. The molecule has 2 aromatic carbocycles. The number of halogens is 2. The summed E-state index contributed by atoms with van der Waals surface area (Å²) in [5, 5.41) is 5.35. The lowest BCUT2D eigenvalue weighted by Crippen LogP contribution is -2.18. The Morgan fingerprint density at radius 2 is 1.58 bits per heavy atom. The van der Waals surface area contributed by atoms with Crippen LogP contribution < -0.4 is 10.6 Å². The van der Waals surface area contributed by atoms with E-state index >= 15 is 0 Å². The van der Waals surface area contributed by atoms with Gasteiger partial charge in [0, 0.05) is 10.6 Å². The topological polar surface area (TPSA) is 58.2 Å². The largest absolute Gasteiger partial charge is 0.325 e. The predicted octanol–water partition coefficient (Wildman–Crippen LogP) is 4.62. The van der Waals surface area contributed by atoms with Gasteiger partial charge < -0.3 is 10.6 Å². The molecule has 0 radical (unpaired) electrons. The van der Waals surface area contributed by atoms with E-state index in [1.165, 1.54) is 6.07 Å². The van der Waals surface area contributed by atoms with Gasteiger partial charge in [-0.3, -0.25) is 9.59 Å². The number of benzene rings is 2. The molecule has 0 aliphatic carbocycles. The number of nitrogens with one attached hydrogen (secondary N) is 2. The number of alkyl halides is 2. The monoisotopic (exact) mass is 396 g/mol. The van der Waals surface area contributed by atoms with Crippen molar-refractivity contribution in [1.29, 1.82) is 0 Å². The molecule has 2 aromatic rings. The Hall–Kier alpha value is -2.06. The minimum atomic E-state index is -2.56. The number of carbonyl (C=O) groups excluding carboxylic acids is 2. The van der Waals surface area contributed by atoms with Crippen molar-refractivity contribution in [2.75, 3.05) is 22.1 Å². The zero-order valence-corrected chi connectivity index (χ0v) is 15.6. The summed E-state index contributed by atoms with van der Waals surface area (Å²) >= 11 is 1.53. The van der Waals surface area contributed by atoms with Gasteiger partial charge in [-0.1, -0.05) is 41.6 Å². The molecule has 0 atom stereocenters. The second kappa shape index (κ2) is 10.2. The number of hydrogen-bond donors (Lipinski definition) is 2. The fourth-order valence-corrected chi connectivity index (χ4v) is 3.24. The van der Waals surface area contributed by atoms with Gasteiger partial charge in [0.25, 0.3) is 5.76 Å². The maximum absolute atomic E-state index is 12.5. The van der Waals surface area contributed by atoms with Gasteiger partial charge >= 0.3 is 0 Å². The van der Waals surface area contributed by atoms with E-state index in [-0.39, 0.29) is 23.3 Å². The summed E-state index contributed by atoms with van der Waals surface area (Å²) in [4.78, 5) is 24.1. The molecule has 2 amide bonds. The standard InChI is InChI=1S/C18H18F2N2O2S2/c1-12-6-8-13(9-7-12)21-16(23)10-25-11-17(24)22-14-4-2-3-5-15(14)26-18(19)20/h2-9,18H,10-11H2,1H3,(H,21,23)(H,22,24). The van der Waals surface area contributed by atoms with Gasteiger partial charge in [0.15, 0.2) is 0 Å². The first-order valence-electron chi connectivity index (χ1n) is 7.72. The number of para-hydroxylation sites is 1. The molecule has 2 rings (SSSR count). The summed E-state index contributed by atoms with van der Waals surface area (Å²) in [6.45, 7) is 1.96. The summed E-state index contributed by atoms with van der Waals surface area (Å²) in [6, 6.07) is 13.8. The number of thioether (sulfide) groups is 2. The van der Waals surface area contributed by atoms with Crippen molar-refractivity contribution in [3.63, 3.8) is 0 Å². The fraction of sp³-hybridized carbons (Fsp3) is 0.222. The molecule has 0 aromatic heterocycles. The Morgan fingerprint density at radius 1 is 0.962 bits per heavy atom. The van der Waals surface area contributed by atoms with E-state index in [9.17, 15) is 18.4 Å². The van der Waals surface area contributed by atoms with Crippen LogP contribution in [0.3, 0.4) is 0 Å². The quantitative estimate of drug-likeness (QED) is 0.639. The highest BCUT2D eigenvalue weighted by Crippen LogP contribution is 2.31. The SMILES string of the molecule is Cc1ccc(NC(=O)CSCC(=O)Nc2ccccc2SC(F)F)cc1. The van der Waals surface area contributed by atoms with Crippen molar-refractivity contribution >= 4 is 46.7 Å². The molecular weight excluding hydrogens is 378 g/mol. The second-order valence-corrected chi connectivity index (χ2v) is 7.35. The first-order valence-corrected chi connectivity index (χ1v) is 9.75. The van der Waals surface area contributed by atoms with Gasteiger partial charge in [-0.25, -0.2) is 0 Å². The molecule has 4 nitrogen and oxygen atoms in total. The zero-order valence-electron chi connectivity index (χ0n) is 14.0. The average Bonchev–Trinajstić information content (AvgIpc) is 2.58. The molecule has 0 aliphatic heterocycles. The molecule has 0 heterocycles. The molecule has 8 heteroatoms. The van der Waals surface area contributed by atoms with Gasteiger partial charge in [-0.05, 0) is 31.2 Å². The van der Waals surface area contributed by atoms with Crippen LogP contribution in [0.2, 0.25) is 0 Å². The van der Waals surface area contributed by atoms with Crippen molar-refractivity contribution in [3.05, 3.63) is 54.1 Å². The van der Waals surface area contributed by atoms with Crippen LogP contribution in [0.1, 0.15) is 5.56 Å². The molecule has 2 N–H and O–H groups in total. The van der Waals surface area contributed by atoms with Gasteiger partial charge in [-0.2, -0.15) is 8.78 Å². The minimum absolute atomic E-state index is 0.0506. The predicted molar refractivity (Wildman–Crippen MR) is 104 cm³/mol. The number of aryl methyl sites for hydroxylation is 1. The highest BCUT2D eigenvalue weighted by Gasteiger charge is 2.12. The fourth-order valence-electron chi connectivity index (χ4n) is 2.03. The van der Waals surface area contributed by atoms with Crippen LogP contribution >= 0.6 is 23.5 Å². The Labute approximate surface area is 159 Å². The van der Waals surface area contributed by atoms with Crippen LogP contribution in [0, 0.1) is 6.92 Å². The van der Waals surface area contributed by atoms with E-state index in [2.05, 4.69) is 10.6 Å². The van der Waals surface area contributed by atoms with E-state index in [1.54, 1.807) is 18.2 Å². The van der Waals surface area contributed by atoms with Crippen molar-refractivity contribution in [2.24, 2.45) is 0 Å². The van der Waals surface area contributed by atoms with Crippen LogP contribution in [0.15, 0.2) is 53.4 Å². The third-order valence-corrected chi connectivity index (χ3v) is 4.90. The van der Waals surface area contributed by atoms with Crippen LogP contribution in [0.5, 0.6) is 0 Å². The first kappa shape index (κ1) is 20.3. The van der Waals surface area contributed by atoms with Crippen LogP contribution in [-0.2, 0) is 9.59 Å². The summed E-state index contributed by atoms with van der Waals surface area (Å²) in [5.74, 6) is -2.95. The Bertz CT molecular complexity index is 755. The van der Waals surface area contributed by atoms with E-state index < -0.39 is 5.76 Å². The number of amides is 2. The van der Waals surface area contributed by atoms with Crippen LogP contribution in [0.4, 0.5) is 20.2 Å². The number of hydrogen-bond acceptors (Lipinski definition) is 4. The Kier molecular flexibility index (Phi) is 7.93. The van der Waals surface area contributed by atoms with Crippen molar-refractivity contribution in [3.8, 4) is 0 Å². The summed E-state index contributed by atoms with van der Waals surface area (Å²) in [5.41, 5.74) is 2.13. The van der Waals surface area contributed by atoms with Crippen molar-refractivity contribution in [2.45, 2.75) is 17.6 Å². The van der Waals surface area contributed by atoms with Crippen molar-refractivity contribution < 1.29 is 18.4 Å². The number of rotatable bonds is 8.